The fourth-order valence-corrected chi connectivity index (χ4v) is 2.82. The van der Waals surface area contributed by atoms with E-state index in [9.17, 15) is 4.79 Å². The summed E-state index contributed by atoms with van der Waals surface area (Å²) in [5, 5.41) is 7.36. The number of nitrogens with zero attached hydrogens (tertiary/aromatic N) is 4. The molecule has 1 aromatic carbocycles. The first-order valence-electron chi connectivity index (χ1n) is 7.59. The molecule has 1 N–H and O–H groups in total. The minimum absolute atomic E-state index is 0. The number of hydrogen-bond acceptors (Lipinski definition) is 4. The largest absolute Gasteiger partial charge is 0.339 e. The van der Waals surface area contributed by atoms with E-state index in [1.165, 1.54) is 6.33 Å². The Balaban J connectivity index is 0.00000192. The Morgan fingerprint density at radius 2 is 2.13 bits per heavy atom. The predicted octanol–water partition coefficient (Wildman–Crippen LogP) is 1.82. The highest BCUT2D eigenvalue weighted by atomic mass is 35.5. The van der Waals surface area contributed by atoms with Gasteiger partial charge in [0.15, 0.2) is 0 Å². The van der Waals surface area contributed by atoms with Gasteiger partial charge in [-0.15, -0.1) is 12.4 Å². The van der Waals surface area contributed by atoms with Gasteiger partial charge < -0.3 is 10.2 Å². The van der Waals surface area contributed by atoms with E-state index in [0.717, 1.165) is 30.8 Å². The molecule has 0 aliphatic carbocycles. The van der Waals surface area contributed by atoms with Crippen LogP contribution in [0.15, 0.2) is 36.9 Å². The first-order chi connectivity index (χ1) is 10.7. The van der Waals surface area contributed by atoms with E-state index in [-0.39, 0.29) is 30.3 Å². The molecule has 23 heavy (non-hydrogen) atoms. The van der Waals surface area contributed by atoms with Crippen LogP contribution in [0.25, 0.3) is 5.69 Å². The van der Waals surface area contributed by atoms with Gasteiger partial charge in [0.2, 0.25) is 5.91 Å². The Labute approximate surface area is 142 Å². The van der Waals surface area contributed by atoms with Crippen LogP contribution in [-0.4, -0.2) is 45.7 Å². The monoisotopic (exact) mass is 335 g/mol. The van der Waals surface area contributed by atoms with Gasteiger partial charge in [-0.05, 0) is 37.6 Å². The molecule has 1 aliphatic heterocycles. The molecule has 1 aliphatic rings. The standard InChI is InChI=1S/C16H21N5O.ClH/c1-12(20(2)16(22)14-7-8-17-9-14)13-3-5-15(6-4-13)21-11-18-10-19-21;/h3-6,10-12,14,17H,7-9H2,1-2H3;1H. The van der Waals surface area contributed by atoms with Crippen LogP contribution >= 0.6 is 12.4 Å². The highest BCUT2D eigenvalue weighted by Gasteiger charge is 2.27. The molecule has 2 heterocycles. The molecular weight excluding hydrogens is 314 g/mol. The number of benzene rings is 1. The quantitative estimate of drug-likeness (QED) is 0.925. The topological polar surface area (TPSA) is 63.1 Å². The van der Waals surface area contributed by atoms with Crippen molar-refractivity contribution in [3.05, 3.63) is 42.5 Å². The van der Waals surface area contributed by atoms with Crippen molar-refractivity contribution in [1.82, 2.24) is 25.0 Å². The highest BCUT2D eigenvalue weighted by Crippen LogP contribution is 2.23. The molecule has 0 radical (unpaired) electrons. The fourth-order valence-electron chi connectivity index (χ4n) is 2.82. The van der Waals surface area contributed by atoms with Gasteiger partial charge in [-0.25, -0.2) is 9.67 Å². The number of carbonyl (C=O) groups excluding carboxylic acids is 1. The van der Waals surface area contributed by atoms with E-state index in [1.54, 1.807) is 11.0 Å². The number of amides is 1. The van der Waals surface area contributed by atoms with Crippen LogP contribution in [-0.2, 0) is 4.79 Å². The Bertz CT molecular complexity index is 622. The van der Waals surface area contributed by atoms with Crippen LogP contribution in [0.3, 0.4) is 0 Å². The minimum atomic E-state index is 0. The molecule has 1 saturated heterocycles. The van der Waals surface area contributed by atoms with Gasteiger partial charge in [-0.2, -0.15) is 5.10 Å². The fraction of sp³-hybridized carbons (Fsp3) is 0.438. The lowest BCUT2D eigenvalue weighted by atomic mass is 10.0. The summed E-state index contributed by atoms with van der Waals surface area (Å²) in [4.78, 5) is 18.3. The smallest absolute Gasteiger partial charge is 0.227 e. The number of halogens is 1. The first-order valence-corrected chi connectivity index (χ1v) is 7.59. The number of rotatable bonds is 4. The van der Waals surface area contributed by atoms with E-state index in [1.807, 2.05) is 36.2 Å². The number of nitrogens with one attached hydrogen (secondary N) is 1. The summed E-state index contributed by atoms with van der Waals surface area (Å²) in [7, 11) is 1.89. The summed E-state index contributed by atoms with van der Waals surface area (Å²) < 4.78 is 1.72. The zero-order chi connectivity index (χ0) is 15.5. The summed E-state index contributed by atoms with van der Waals surface area (Å²) in [6.07, 6.45) is 4.11. The summed E-state index contributed by atoms with van der Waals surface area (Å²) in [6, 6.07) is 8.13. The average molecular weight is 336 g/mol. The molecule has 6 nitrogen and oxygen atoms in total. The molecule has 1 aromatic heterocycles. The lowest BCUT2D eigenvalue weighted by molar-refractivity contribution is -0.135. The molecule has 2 unspecified atom stereocenters. The molecule has 1 fully saturated rings. The lowest BCUT2D eigenvalue weighted by Gasteiger charge is -2.27. The number of hydrogen-bond donors (Lipinski definition) is 1. The van der Waals surface area contributed by atoms with Crippen LogP contribution in [0.4, 0.5) is 0 Å². The predicted molar refractivity (Wildman–Crippen MR) is 90.8 cm³/mol. The molecule has 2 atom stereocenters. The number of carbonyl (C=O) groups is 1. The van der Waals surface area contributed by atoms with Gasteiger partial charge in [0.05, 0.1) is 17.6 Å². The third kappa shape index (κ3) is 3.71. The average Bonchev–Trinajstić information content (AvgIpc) is 3.26. The van der Waals surface area contributed by atoms with E-state index in [0.29, 0.717) is 0 Å². The normalized spacial score (nSPS) is 18.3. The molecule has 1 amide bonds. The van der Waals surface area contributed by atoms with E-state index < -0.39 is 0 Å². The van der Waals surface area contributed by atoms with Crippen molar-refractivity contribution < 1.29 is 4.79 Å². The van der Waals surface area contributed by atoms with Gasteiger partial charge in [-0.3, -0.25) is 4.79 Å². The van der Waals surface area contributed by atoms with Crippen molar-refractivity contribution in [2.24, 2.45) is 5.92 Å². The molecule has 124 valence electrons. The van der Waals surface area contributed by atoms with Crippen molar-refractivity contribution in [1.29, 1.82) is 0 Å². The minimum Gasteiger partial charge on any atom is -0.339 e. The Morgan fingerprint density at radius 3 is 2.70 bits per heavy atom. The van der Waals surface area contributed by atoms with Gasteiger partial charge in [-0.1, -0.05) is 12.1 Å². The zero-order valence-corrected chi connectivity index (χ0v) is 14.2. The maximum atomic E-state index is 12.5. The van der Waals surface area contributed by atoms with Crippen molar-refractivity contribution >= 4 is 18.3 Å². The van der Waals surface area contributed by atoms with Crippen LogP contribution in [0.5, 0.6) is 0 Å². The molecular formula is C16H22ClN5O. The molecule has 3 rings (SSSR count). The van der Waals surface area contributed by atoms with Crippen molar-refractivity contribution in [3.63, 3.8) is 0 Å². The van der Waals surface area contributed by atoms with Crippen molar-refractivity contribution in [3.8, 4) is 5.69 Å². The SMILES string of the molecule is CC(c1ccc(-n2cncn2)cc1)N(C)C(=O)C1CCNC1.Cl. The van der Waals surface area contributed by atoms with E-state index in [2.05, 4.69) is 22.3 Å². The van der Waals surface area contributed by atoms with Gasteiger partial charge in [0.1, 0.15) is 12.7 Å². The van der Waals surface area contributed by atoms with Gasteiger partial charge in [0.25, 0.3) is 0 Å². The van der Waals surface area contributed by atoms with Crippen LogP contribution < -0.4 is 5.32 Å². The number of aromatic nitrogens is 3. The van der Waals surface area contributed by atoms with Crippen LogP contribution in [0.1, 0.15) is 24.9 Å². The molecule has 0 saturated carbocycles. The summed E-state index contributed by atoms with van der Waals surface area (Å²) in [6.45, 7) is 3.79. The van der Waals surface area contributed by atoms with E-state index in [4.69, 9.17) is 0 Å². The van der Waals surface area contributed by atoms with E-state index >= 15 is 0 Å². The Kier molecular flexibility index (Phi) is 5.74. The highest BCUT2D eigenvalue weighted by molar-refractivity contribution is 5.85. The third-order valence-corrected chi connectivity index (χ3v) is 4.40. The second-order valence-corrected chi connectivity index (χ2v) is 5.75. The molecule has 0 spiro atoms. The maximum Gasteiger partial charge on any atom is 0.227 e. The summed E-state index contributed by atoms with van der Waals surface area (Å²) in [5.74, 6) is 0.333. The van der Waals surface area contributed by atoms with Gasteiger partial charge >= 0.3 is 0 Å². The summed E-state index contributed by atoms with van der Waals surface area (Å²) >= 11 is 0. The molecule has 0 bridgehead atoms. The first kappa shape index (κ1) is 17.4. The van der Waals surface area contributed by atoms with Crippen molar-refractivity contribution in [2.45, 2.75) is 19.4 Å². The third-order valence-electron chi connectivity index (χ3n) is 4.40. The zero-order valence-electron chi connectivity index (χ0n) is 13.3. The Hall–Kier alpha value is -1.92. The molecule has 2 aromatic rings. The lowest BCUT2D eigenvalue weighted by Crippen LogP contribution is -2.35. The van der Waals surface area contributed by atoms with Gasteiger partial charge in [0, 0.05) is 13.6 Å². The second kappa shape index (κ2) is 7.57. The second-order valence-electron chi connectivity index (χ2n) is 5.75. The Morgan fingerprint density at radius 1 is 1.39 bits per heavy atom. The van der Waals surface area contributed by atoms with Crippen LogP contribution in [0, 0.1) is 5.92 Å². The maximum absolute atomic E-state index is 12.5. The van der Waals surface area contributed by atoms with Crippen LogP contribution in [0.2, 0.25) is 0 Å². The summed E-state index contributed by atoms with van der Waals surface area (Å²) in [5.41, 5.74) is 2.08. The molecule has 7 heteroatoms. The van der Waals surface area contributed by atoms with Crippen molar-refractivity contribution in [2.75, 3.05) is 20.1 Å².